The molecular formula is C33H21AlF9N3O3. The van der Waals surface area contributed by atoms with Gasteiger partial charge in [0.25, 0.3) is 0 Å². The molecule has 0 saturated carbocycles. The van der Waals surface area contributed by atoms with Gasteiger partial charge >= 0.3 is 35.9 Å². The van der Waals surface area contributed by atoms with Gasteiger partial charge in [-0.3, -0.25) is 15.0 Å². The number of rotatable bonds is 0. The zero-order valence-corrected chi connectivity index (χ0v) is 26.6. The van der Waals surface area contributed by atoms with Crippen LogP contribution in [0.25, 0.3) is 32.7 Å². The number of benzene rings is 3. The first-order valence-corrected chi connectivity index (χ1v) is 13.6. The van der Waals surface area contributed by atoms with Crippen molar-refractivity contribution in [1.29, 1.82) is 0 Å². The topological polar surface area (TPSA) is 108 Å². The SMILES string of the molecule is Cc1ccc2c(C(F)(F)F)ccc([O-])c2n1.Cc1ccc2c(C(F)(F)F)ccc([O-])c2n1.Cc1ccc2c(C(F)(F)F)ccc([O-])c2n1.[Al+3]. The molecule has 3 heterocycles. The van der Waals surface area contributed by atoms with Crippen LogP contribution in [0, 0.1) is 20.8 Å². The molecule has 0 aliphatic heterocycles. The minimum absolute atomic E-state index is 0. The fourth-order valence-electron chi connectivity index (χ4n) is 4.61. The number of nitrogens with zero attached hydrogens (tertiary/aromatic N) is 3. The standard InChI is InChI=1S/3C11H8F3NO.Al/c3*1-6-2-3-7-8(11(12,13)14)4-5-9(16)10(7)15-6;/h3*2-5,16H,1H3;/q;;;+3/p-3. The van der Waals surface area contributed by atoms with Crippen LogP contribution in [-0.4, -0.2) is 32.3 Å². The van der Waals surface area contributed by atoms with Crippen molar-refractivity contribution in [1.82, 2.24) is 15.0 Å². The van der Waals surface area contributed by atoms with E-state index in [4.69, 9.17) is 0 Å². The maximum absolute atomic E-state index is 12.6. The van der Waals surface area contributed by atoms with Crippen molar-refractivity contribution in [3.8, 4) is 17.2 Å². The quantitative estimate of drug-likeness (QED) is 0.120. The van der Waals surface area contributed by atoms with E-state index in [2.05, 4.69) is 15.0 Å². The smallest absolute Gasteiger partial charge is 0.871 e. The van der Waals surface area contributed by atoms with Crippen LogP contribution in [0.4, 0.5) is 39.5 Å². The van der Waals surface area contributed by atoms with Crippen LogP contribution in [0.2, 0.25) is 0 Å². The summed E-state index contributed by atoms with van der Waals surface area (Å²) in [4.78, 5) is 11.5. The molecule has 0 bridgehead atoms. The molecule has 16 heteroatoms. The number of fused-ring (bicyclic) bond motifs is 3. The Balaban J connectivity index is 0.000000197. The van der Waals surface area contributed by atoms with Crippen LogP contribution in [0.15, 0.2) is 72.8 Å². The van der Waals surface area contributed by atoms with Gasteiger partial charge in [0.15, 0.2) is 0 Å². The number of pyridine rings is 3. The van der Waals surface area contributed by atoms with E-state index in [-0.39, 0.29) is 50.1 Å². The van der Waals surface area contributed by atoms with Gasteiger partial charge in [-0.05, 0) is 57.2 Å². The Bertz CT molecular complexity index is 1890. The van der Waals surface area contributed by atoms with E-state index in [1.54, 1.807) is 20.8 Å². The summed E-state index contributed by atoms with van der Waals surface area (Å²) in [5.41, 5.74) is -1.31. The van der Waals surface area contributed by atoms with Crippen molar-refractivity contribution in [2.45, 2.75) is 39.3 Å². The van der Waals surface area contributed by atoms with Gasteiger partial charge in [-0.2, -0.15) is 39.5 Å². The van der Waals surface area contributed by atoms with Crippen molar-refractivity contribution in [3.05, 3.63) is 107 Å². The second kappa shape index (κ2) is 14.4. The van der Waals surface area contributed by atoms with Crippen molar-refractivity contribution in [2.24, 2.45) is 0 Å². The van der Waals surface area contributed by atoms with E-state index >= 15 is 0 Å². The predicted octanol–water partition coefficient (Wildman–Crippen LogP) is 7.53. The number of hydrogen-bond acceptors (Lipinski definition) is 6. The number of halogens is 9. The summed E-state index contributed by atoms with van der Waals surface area (Å²) in [6.07, 6.45) is -13.4. The van der Waals surface area contributed by atoms with Gasteiger partial charge in [0.1, 0.15) is 0 Å². The normalized spacial score (nSPS) is 11.8. The molecular weight excluding hydrogens is 684 g/mol. The number of alkyl halides is 9. The van der Waals surface area contributed by atoms with Crippen molar-refractivity contribution in [3.63, 3.8) is 0 Å². The Kier molecular flexibility index (Phi) is 11.3. The Labute approximate surface area is 282 Å². The van der Waals surface area contributed by atoms with E-state index in [0.717, 1.165) is 36.4 Å². The third-order valence-electron chi connectivity index (χ3n) is 6.79. The van der Waals surface area contributed by atoms with Crippen LogP contribution < -0.4 is 15.3 Å². The van der Waals surface area contributed by atoms with Crippen molar-refractivity contribution >= 4 is 50.1 Å². The van der Waals surface area contributed by atoms with Crippen LogP contribution in [0.5, 0.6) is 17.2 Å². The van der Waals surface area contributed by atoms with Gasteiger partial charge in [0.05, 0.1) is 33.2 Å². The first-order valence-electron chi connectivity index (χ1n) is 13.6. The fourth-order valence-corrected chi connectivity index (χ4v) is 4.61. The van der Waals surface area contributed by atoms with E-state index in [0.29, 0.717) is 17.1 Å². The summed E-state index contributed by atoms with van der Waals surface area (Å²) in [6, 6.07) is 13.3. The molecule has 3 aromatic heterocycles. The molecule has 6 rings (SSSR count). The summed E-state index contributed by atoms with van der Waals surface area (Å²) in [5, 5.41) is 33.7. The molecule has 0 unspecified atom stereocenters. The zero-order chi connectivity index (χ0) is 35.8. The fraction of sp³-hybridized carbons (Fsp3) is 0.182. The third-order valence-corrected chi connectivity index (χ3v) is 6.79. The molecule has 0 spiro atoms. The molecule has 0 radical (unpaired) electrons. The summed E-state index contributed by atoms with van der Waals surface area (Å²) >= 11 is 0. The first kappa shape index (κ1) is 38.6. The van der Waals surface area contributed by atoms with Crippen LogP contribution >= 0.6 is 0 Å². The Hall–Kier alpha value is -4.81. The van der Waals surface area contributed by atoms with Crippen LogP contribution in [0.1, 0.15) is 33.8 Å². The average Bonchev–Trinajstić information content (AvgIpc) is 2.97. The number of aryl methyl sites for hydroxylation is 3. The zero-order valence-electron chi connectivity index (χ0n) is 25.5. The maximum Gasteiger partial charge on any atom is 3.00 e. The summed E-state index contributed by atoms with van der Waals surface area (Å²) in [7, 11) is 0. The molecule has 6 aromatic rings. The minimum atomic E-state index is -4.47. The number of aromatic nitrogens is 3. The van der Waals surface area contributed by atoms with Gasteiger partial charge in [-0.15, -0.1) is 0 Å². The van der Waals surface area contributed by atoms with Crippen molar-refractivity contribution < 1.29 is 54.8 Å². The van der Waals surface area contributed by atoms with E-state index in [1.807, 2.05) is 0 Å². The summed E-state index contributed by atoms with van der Waals surface area (Å²) < 4.78 is 114. The second-order valence-corrected chi connectivity index (χ2v) is 10.4. The summed E-state index contributed by atoms with van der Waals surface area (Å²) in [6.45, 7) is 4.87. The minimum Gasteiger partial charge on any atom is -0.871 e. The van der Waals surface area contributed by atoms with E-state index < -0.39 is 52.5 Å². The van der Waals surface area contributed by atoms with Crippen LogP contribution in [0.3, 0.4) is 0 Å². The van der Waals surface area contributed by atoms with E-state index in [9.17, 15) is 54.8 Å². The predicted molar refractivity (Wildman–Crippen MR) is 159 cm³/mol. The third kappa shape index (κ3) is 8.81. The average molecular weight is 706 g/mol. The molecule has 0 atom stereocenters. The molecule has 0 aliphatic rings. The molecule has 0 fully saturated rings. The molecule has 252 valence electrons. The monoisotopic (exact) mass is 705 g/mol. The van der Waals surface area contributed by atoms with Crippen LogP contribution in [-0.2, 0) is 18.5 Å². The van der Waals surface area contributed by atoms with Gasteiger partial charge in [0.2, 0.25) is 0 Å². The molecule has 49 heavy (non-hydrogen) atoms. The largest absolute Gasteiger partial charge is 3.00 e. The molecule has 0 amide bonds. The van der Waals surface area contributed by atoms with Gasteiger partial charge in [-0.1, -0.05) is 53.6 Å². The molecule has 6 nitrogen and oxygen atoms in total. The molecule has 0 aliphatic carbocycles. The molecule has 0 saturated heterocycles. The van der Waals surface area contributed by atoms with Gasteiger partial charge in [-0.25, -0.2) is 0 Å². The molecule has 3 aromatic carbocycles. The maximum atomic E-state index is 12.6. The van der Waals surface area contributed by atoms with Gasteiger partial charge in [0, 0.05) is 33.2 Å². The number of hydrogen-bond donors (Lipinski definition) is 0. The first-order chi connectivity index (χ1) is 22.2. The van der Waals surface area contributed by atoms with E-state index in [1.165, 1.54) is 36.4 Å². The Morgan fingerprint density at radius 3 is 0.816 bits per heavy atom. The second-order valence-electron chi connectivity index (χ2n) is 10.4. The Morgan fingerprint density at radius 1 is 0.388 bits per heavy atom. The van der Waals surface area contributed by atoms with Gasteiger partial charge < -0.3 is 15.3 Å². The Morgan fingerprint density at radius 2 is 0.612 bits per heavy atom. The molecule has 0 N–H and O–H groups in total. The summed E-state index contributed by atoms with van der Waals surface area (Å²) in [5.74, 6) is -1.48. The van der Waals surface area contributed by atoms with Crippen molar-refractivity contribution in [2.75, 3.05) is 0 Å².